The van der Waals surface area contributed by atoms with Crippen molar-refractivity contribution in [3.05, 3.63) is 93.2 Å². The monoisotopic (exact) mass is 400 g/mol. The zero-order valence-electron chi connectivity index (χ0n) is 16.6. The number of benzene rings is 2. The largest absolute Gasteiger partial charge is 0.292 e. The molecular weight excluding hydrogens is 380 g/mol. The first-order valence-corrected chi connectivity index (χ1v) is 9.43. The molecule has 0 fully saturated rings. The van der Waals surface area contributed by atoms with Gasteiger partial charge >= 0.3 is 0 Å². The molecule has 0 aliphatic carbocycles. The summed E-state index contributed by atoms with van der Waals surface area (Å²) in [5.74, 6) is -0.509. The minimum Gasteiger partial charge on any atom is -0.267 e. The number of hydrogen-bond donors (Lipinski definition) is 2. The summed E-state index contributed by atoms with van der Waals surface area (Å²) in [6.45, 7) is 4.51. The van der Waals surface area contributed by atoms with Crippen molar-refractivity contribution < 1.29 is 4.79 Å². The third kappa shape index (κ3) is 3.75. The number of nitrogens with one attached hydrogen (secondary N) is 2. The van der Waals surface area contributed by atoms with Gasteiger partial charge in [0.2, 0.25) is 0 Å². The highest BCUT2D eigenvalue weighted by molar-refractivity contribution is 6.04. The Balaban J connectivity index is 1.53. The smallest absolute Gasteiger partial charge is 0.267 e. The maximum Gasteiger partial charge on any atom is 0.292 e. The molecule has 0 unspecified atom stereocenters. The molecule has 8 nitrogen and oxygen atoms in total. The lowest BCUT2D eigenvalue weighted by Crippen LogP contribution is -2.22. The van der Waals surface area contributed by atoms with Gasteiger partial charge in [-0.05, 0) is 25.5 Å². The van der Waals surface area contributed by atoms with Crippen molar-refractivity contribution in [1.82, 2.24) is 25.4 Å². The fourth-order valence-corrected chi connectivity index (χ4v) is 3.30. The zero-order chi connectivity index (χ0) is 21.1. The third-order valence-electron chi connectivity index (χ3n) is 4.88. The first-order chi connectivity index (χ1) is 14.5. The van der Waals surface area contributed by atoms with Gasteiger partial charge in [0.15, 0.2) is 5.69 Å². The normalized spacial score (nSPS) is 11.3. The van der Waals surface area contributed by atoms with E-state index in [0.717, 1.165) is 22.5 Å². The second kappa shape index (κ2) is 8.12. The molecule has 0 aliphatic rings. The van der Waals surface area contributed by atoms with Gasteiger partial charge in [0, 0.05) is 16.6 Å². The van der Waals surface area contributed by atoms with Gasteiger partial charge in [0.1, 0.15) is 0 Å². The predicted molar refractivity (Wildman–Crippen MR) is 115 cm³/mol. The Morgan fingerprint density at radius 2 is 1.80 bits per heavy atom. The highest BCUT2D eigenvalue weighted by Gasteiger charge is 2.14. The Morgan fingerprint density at radius 1 is 1.10 bits per heavy atom. The number of rotatable bonds is 5. The lowest BCUT2D eigenvalue weighted by atomic mass is 10.1. The fourth-order valence-electron chi connectivity index (χ4n) is 3.30. The molecule has 0 atom stereocenters. The van der Waals surface area contributed by atoms with Crippen LogP contribution in [0, 0.1) is 13.8 Å². The molecule has 4 aromatic rings. The van der Waals surface area contributed by atoms with Crippen molar-refractivity contribution in [2.45, 2.75) is 20.4 Å². The van der Waals surface area contributed by atoms with E-state index in [1.807, 2.05) is 48.9 Å². The average molecular weight is 400 g/mol. The SMILES string of the molecule is Cc1nn(Cc2ccccc2)c(C)c1/C=N/NC(=O)c1n[nH]c(=O)c2ccccc12. The van der Waals surface area contributed by atoms with Crippen LogP contribution in [-0.2, 0) is 6.54 Å². The highest BCUT2D eigenvalue weighted by atomic mass is 16.2. The van der Waals surface area contributed by atoms with Crippen LogP contribution < -0.4 is 11.0 Å². The molecule has 0 spiro atoms. The second-order valence-electron chi connectivity index (χ2n) is 6.87. The lowest BCUT2D eigenvalue weighted by molar-refractivity contribution is 0.0951. The number of nitrogens with zero attached hydrogens (tertiary/aromatic N) is 4. The van der Waals surface area contributed by atoms with Gasteiger partial charge in [-0.3, -0.25) is 14.3 Å². The molecule has 150 valence electrons. The van der Waals surface area contributed by atoms with Gasteiger partial charge in [-0.1, -0.05) is 48.5 Å². The van der Waals surface area contributed by atoms with Crippen molar-refractivity contribution in [1.29, 1.82) is 0 Å². The van der Waals surface area contributed by atoms with Crippen LogP contribution in [0.15, 0.2) is 64.5 Å². The van der Waals surface area contributed by atoms with Crippen LogP contribution in [0.5, 0.6) is 0 Å². The molecule has 8 heteroatoms. The van der Waals surface area contributed by atoms with Crippen molar-refractivity contribution in [3.63, 3.8) is 0 Å². The number of hydrogen-bond acceptors (Lipinski definition) is 5. The number of H-pyrrole nitrogens is 1. The summed E-state index contributed by atoms with van der Waals surface area (Å²) in [5.41, 5.74) is 5.99. The van der Waals surface area contributed by atoms with Gasteiger partial charge in [-0.25, -0.2) is 10.5 Å². The van der Waals surface area contributed by atoms with Crippen molar-refractivity contribution in [2.75, 3.05) is 0 Å². The lowest BCUT2D eigenvalue weighted by Gasteiger charge is -2.04. The Morgan fingerprint density at radius 3 is 2.57 bits per heavy atom. The van der Waals surface area contributed by atoms with E-state index in [2.05, 4.69) is 25.8 Å². The predicted octanol–water partition coefficient (Wildman–Crippen LogP) is 2.55. The summed E-state index contributed by atoms with van der Waals surface area (Å²) in [5, 5.41) is 15.7. The molecule has 2 heterocycles. The number of aromatic nitrogens is 4. The van der Waals surface area contributed by atoms with E-state index in [-0.39, 0.29) is 11.3 Å². The van der Waals surface area contributed by atoms with Gasteiger partial charge < -0.3 is 0 Å². The molecule has 0 saturated carbocycles. The van der Waals surface area contributed by atoms with Crippen molar-refractivity contribution >= 4 is 22.9 Å². The molecule has 2 aromatic carbocycles. The van der Waals surface area contributed by atoms with Crippen LogP contribution in [0.25, 0.3) is 10.8 Å². The average Bonchev–Trinajstić information content (AvgIpc) is 3.02. The Hall–Kier alpha value is -4.07. The van der Waals surface area contributed by atoms with Gasteiger partial charge in [0.05, 0.1) is 23.8 Å². The molecular formula is C22H20N6O2. The summed E-state index contributed by atoms with van der Waals surface area (Å²) in [6, 6.07) is 16.9. The maximum atomic E-state index is 12.5. The number of carbonyl (C=O) groups is 1. The fraction of sp³-hybridized carbons (Fsp3) is 0.136. The van der Waals surface area contributed by atoms with E-state index in [4.69, 9.17) is 0 Å². The van der Waals surface area contributed by atoms with Crippen LogP contribution in [0.2, 0.25) is 0 Å². The summed E-state index contributed by atoms with van der Waals surface area (Å²) < 4.78 is 1.91. The first-order valence-electron chi connectivity index (χ1n) is 9.43. The quantitative estimate of drug-likeness (QED) is 0.397. The van der Waals surface area contributed by atoms with Gasteiger partial charge in [0.25, 0.3) is 11.5 Å². The number of hydrazone groups is 1. The van der Waals surface area contributed by atoms with Crippen LogP contribution >= 0.6 is 0 Å². The maximum absolute atomic E-state index is 12.5. The molecule has 1 amide bonds. The molecule has 2 aromatic heterocycles. The zero-order valence-corrected chi connectivity index (χ0v) is 16.6. The standard InChI is InChI=1S/C22H20N6O2/c1-14-19(15(2)28(27-14)13-16-8-4-3-5-9-16)12-23-25-22(30)20-17-10-6-7-11-18(17)21(29)26-24-20/h3-12H,13H2,1-2H3,(H,25,30)(H,26,29)/b23-12+. The number of fused-ring (bicyclic) bond motifs is 1. The van der Waals surface area contributed by atoms with Crippen LogP contribution in [0.3, 0.4) is 0 Å². The van der Waals surface area contributed by atoms with Gasteiger partial charge in [-0.2, -0.15) is 15.3 Å². The van der Waals surface area contributed by atoms with Crippen LogP contribution in [0.4, 0.5) is 0 Å². The second-order valence-corrected chi connectivity index (χ2v) is 6.87. The van der Waals surface area contributed by atoms with E-state index in [1.165, 1.54) is 0 Å². The highest BCUT2D eigenvalue weighted by Crippen LogP contribution is 2.14. The van der Waals surface area contributed by atoms with Crippen molar-refractivity contribution in [2.24, 2.45) is 5.10 Å². The van der Waals surface area contributed by atoms with E-state index in [0.29, 0.717) is 17.3 Å². The minimum absolute atomic E-state index is 0.107. The number of aryl methyl sites for hydroxylation is 1. The molecule has 2 N–H and O–H groups in total. The Bertz CT molecular complexity index is 1300. The number of aromatic amines is 1. The number of carbonyl (C=O) groups excluding carboxylic acids is 1. The van der Waals surface area contributed by atoms with E-state index < -0.39 is 5.91 Å². The summed E-state index contributed by atoms with van der Waals surface area (Å²) in [7, 11) is 0. The topological polar surface area (TPSA) is 105 Å². The minimum atomic E-state index is -0.509. The van der Waals surface area contributed by atoms with Crippen LogP contribution in [0.1, 0.15) is 33.0 Å². The molecule has 0 bridgehead atoms. The van der Waals surface area contributed by atoms with Crippen LogP contribution in [-0.4, -0.2) is 32.1 Å². The molecule has 30 heavy (non-hydrogen) atoms. The molecule has 0 aliphatic heterocycles. The summed E-state index contributed by atoms with van der Waals surface area (Å²) in [4.78, 5) is 24.4. The Labute approximate surface area is 172 Å². The Kier molecular flexibility index (Phi) is 5.21. The number of amides is 1. The van der Waals surface area contributed by atoms with Crippen molar-refractivity contribution in [3.8, 4) is 0 Å². The van der Waals surface area contributed by atoms with E-state index in [1.54, 1.807) is 30.5 Å². The molecule has 4 rings (SSSR count). The first kappa shape index (κ1) is 19.3. The van der Waals surface area contributed by atoms with E-state index in [9.17, 15) is 9.59 Å². The van der Waals surface area contributed by atoms with E-state index >= 15 is 0 Å². The summed E-state index contributed by atoms with van der Waals surface area (Å²) in [6.07, 6.45) is 1.57. The third-order valence-corrected chi connectivity index (χ3v) is 4.88. The van der Waals surface area contributed by atoms with Gasteiger partial charge in [-0.15, -0.1) is 0 Å². The summed E-state index contributed by atoms with van der Waals surface area (Å²) >= 11 is 0. The molecule has 0 saturated heterocycles. The molecule has 0 radical (unpaired) electrons.